The number of aryl methyl sites for hydroxylation is 1. The predicted molar refractivity (Wildman–Crippen MR) is 119 cm³/mol. The molecule has 0 saturated heterocycles. The third-order valence-electron chi connectivity index (χ3n) is 5.27. The largest absolute Gasteiger partial charge is 0.457 e. The van der Waals surface area contributed by atoms with Gasteiger partial charge in [-0.1, -0.05) is 19.9 Å². The molecule has 0 aliphatic heterocycles. The molecular weight excluding hydrogens is 453 g/mol. The van der Waals surface area contributed by atoms with E-state index in [1.807, 2.05) is 6.92 Å². The van der Waals surface area contributed by atoms with Gasteiger partial charge in [0.15, 0.2) is 9.84 Å². The lowest BCUT2D eigenvalue weighted by Crippen LogP contribution is -2.07. The first kappa shape index (κ1) is 22.8. The molecule has 4 aromatic rings. The highest BCUT2D eigenvalue weighted by Gasteiger charge is 2.34. The number of ether oxygens (including phenoxy) is 1. The van der Waals surface area contributed by atoms with Gasteiger partial charge in [0.1, 0.15) is 17.1 Å². The number of sulfone groups is 1. The van der Waals surface area contributed by atoms with Crippen molar-refractivity contribution in [2.24, 2.45) is 0 Å². The molecule has 0 radical (unpaired) electrons. The van der Waals surface area contributed by atoms with Crippen molar-refractivity contribution in [3.8, 4) is 22.8 Å². The Bertz CT molecular complexity index is 1410. The number of alkyl halides is 3. The van der Waals surface area contributed by atoms with Crippen LogP contribution in [0.25, 0.3) is 16.9 Å². The molecule has 2 heterocycles. The average molecular weight is 475 g/mol. The minimum atomic E-state index is -4.51. The monoisotopic (exact) mass is 474 g/mol. The highest BCUT2D eigenvalue weighted by atomic mass is 32.2. The number of aromatic nitrogens is 2. The van der Waals surface area contributed by atoms with Gasteiger partial charge in [0.25, 0.3) is 0 Å². The van der Waals surface area contributed by atoms with Crippen LogP contribution in [0.3, 0.4) is 0 Å². The number of imidazole rings is 1. The number of nitrogens with zero attached hydrogens (tertiary/aromatic N) is 2. The van der Waals surface area contributed by atoms with Crippen LogP contribution in [0.4, 0.5) is 13.2 Å². The lowest BCUT2D eigenvalue weighted by atomic mass is 10.1. The average Bonchev–Trinajstić information content (AvgIpc) is 3.18. The minimum Gasteiger partial charge on any atom is -0.457 e. The normalized spacial score (nSPS) is 12.3. The Balaban J connectivity index is 1.69. The number of fused-ring (bicyclic) bond motifs is 1. The summed E-state index contributed by atoms with van der Waals surface area (Å²) in [6.07, 6.45) is -2.48. The fraction of sp³-hybridized carbons (Fsp3) is 0.208. The molecule has 0 aliphatic carbocycles. The molecule has 0 fully saturated rings. The first-order chi connectivity index (χ1) is 15.6. The second kappa shape index (κ2) is 8.55. The van der Waals surface area contributed by atoms with Gasteiger partial charge in [0, 0.05) is 11.8 Å². The van der Waals surface area contributed by atoms with Gasteiger partial charge in [-0.15, -0.1) is 0 Å². The maximum Gasteiger partial charge on any atom is 0.419 e. The van der Waals surface area contributed by atoms with E-state index in [1.54, 1.807) is 49.5 Å². The van der Waals surface area contributed by atoms with Gasteiger partial charge < -0.3 is 4.74 Å². The van der Waals surface area contributed by atoms with E-state index in [4.69, 9.17) is 4.74 Å². The number of hydrogen-bond donors (Lipinski definition) is 0. The highest BCUT2D eigenvalue weighted by molar-refractivity contribution is 7.91. The van der Waals surface area contributed by atoms with E-state index in [9.17, 15) is 21.6 Å². The number of benzene rings is 2. The molecule has 5 nitrogen and oxygen atoms in total. The number of hydrogen-bond acceptors (Lipinski definition) is 4. The zero-order valence-corrected chi connectivity index (χ0v) is 18.7. The smallest absolute Gasteiger partial charge is 0.419 e. The maximum atomic E-state index is 13.4. The van der Waals surface area contributed by atoms with Crippen molar-refractivity contribution in [2.75, 3.05) is 5.75 Å². The molecular formula is C24H21F3N2O3S. The Morgan fingerprint density at radius 1 is 0.970 bits per heavy atom. The van der Waals surface area contributed by atoms with Crippen LogP contribution in [0.1, 0.15) is 25.1 Å². The molecule has 9 heteroatoms. The van der Waals surface area contributed by atoms with E-state index in [-0.39, 0.29) is 16.3 Å². The summed E-state index contributed by atoms with van der Waals surface area (Å²) < 4.78 is 71.8. The summed E-state index contributed by atoms with van der Waals surface area (Å²) in [5.74, 6) is 0.823. The molecule has 0 aliphatic rings. The molecule has 0 N–H and O–H groups in total. The molecule has 0 amide bonds. The van der Waals surface area contributed by atoms with Crippen LogP contribution in [0.15, 0.2) is 71.8 Å². The van der Waals surface area contributed by atoms with Gasteiger partial charge in [0.05, 0.1) is 27.6 Å². The molecule has 2 aromatic heterocycles. The van der Waals surface area contributed by atoms with Gasteiger partial charge >= 0.3 is 6.18 Å². The molecule has 0 saturated carbocycles. The van der Waals surface area contributed by atoms with Crippen LogP contribution in [0, 0.1) is 0 Å². The van der Waals surface area contributed by atoms with Gasteiger partial charge in [-0.3, -0.25) is 4.40 Å². The zero-order valence-electron chi connectivity index (χ0n) is 17.9. The summed E-state index contributed by atoms with van der Waals surface area (Å²) in [6, 6.07) is 15.5. The number of halogens is 3. The standard InChI is InChI=1S/C24H21F3N2O3S/c1-3-21-22(29-14-6-9-20(23(29)28-21)24(25,26)27)16-10-12-17(13-11-16)32-18-7-5-8-19(15-18)33(30,31)4-2/h5-15H,3-4H2,1-2H3. The van der Waals surface area contributed by atoms with E-state index in [0.29, 0.717) is 34.9 Å². The number of rotatable bonds is 6. The Kier molecular flexibility index (Phi) is 5.92. The van der Waals surface area contributed by atoms with Crippen LogP contribution in [-0.4, -0.2) is 23.6 Å². The topological polar surface area (TPSA) is 60.7 Å². The first-order valence-corrected chi connectivity index (χ1v) is 12.0. The summed E-state index contributed by atoms with van der Waals surface area (Å²) in [5.41, 5.74) is 0.909. The second-order valence-electron chi connectivity index (χ2n) is 7.38. The summed E-state index contributed by atoms with van der Waals surface area (Å²) in [7, 11) is -3.36. The number of pyridine rings is 1. The van der Waals surface area contributed by atoms with Crippen molar-refractivity contribution in [3.05, 3.63) is 78.1 Å². The zero-order chi connectivity index (χ0) is 23.8. The summed E-state index contributed by atoms with van der Waals surface area (Å²) in [5, 5.41) is 0. The summed E-state index contributed by atoms with van der Waals surface area (Å²) >= 11 is 0. The van der Waals surface area contributed by atoms with Crippen LogP contribution < -0.4 is 4.74 Å². The van der Waals surface area contributed by atoms with E-state index in [2.05, 4.69) is 4.98 Å². The van der Waals surface area contributed by atoms with E-state index >= 15 is 0 Å². The minimum absolute atomic E-state index is 0.0136. The quantitative estimate of drug-likeness (QED) is 0.335. The Hall–Kier alpha value is -3.33. The van der Waals surface area contributed by atoms with Gasteiger partial charge in [-0.25, -0.2) is 13.4 Å². The first-order valence-electron chi connectivity index (χ1n) is 10.3. The molecule has 0 bridgehead atoms. The SMILES string of the molecule is CCc1nc2c(C(F)(F)F)cccn2c1-c1ccc(Oc2cccc(S(=O)(=O)CC)c2)cc1. The van der Waals surface area contributed by atoms with Crippen molar-refractivity contribution >= 4 is 15.5 Å². The molecule has 172 valence electrons. The van der Waals surface area contributed by atoms with Gasteiger partial charge in [0.2, 0.25) is 0 Å². The Morgan fingerprint density at radius 2 is 1.70 bits per heavy atom. The van der Waals surface area contributed by atoms with Crippen LogP contribution in [0.5, 0.6) is 11.5 Å². The Labute approximate surface area is 189 Å². The van der Waals surface area contributed by atoms with E-state index in [0.717, 1.165) is 6.07 Å². The highest BCUT2D eigenvalue weighted by Crippen LogP contribution is 2.36. The fourth-order valence-corrected chi connectivity index (χ4v) is 4.52. The molecule has 4 rings (SSSR count). The third kappa shape index (κ3) is 4.45. The lowest BCUT2D eigenvalue weighted by Gasteiger charge is -2.10. The van der Waals surface area contributed by atoms with Crippen LogP contribution in [-0.2, 0) is 22.4 Å². The van der Waals surface area contributed by atoms with Crippen molar-refractivity contribution in [2.45, 2.75) is 31.3 Å². The van der Waals surface area contributed by atoms with Gasteiger partial charge in [-0.2, -0.15) is 13.2 Å². The van der Waals surface area contributed by atoms with Crippen molar-refractivity contribution in [3.63, 3.8) is 0 Å². The van der Waals surface area contributed by atoms with E-state index in [1.165, 1.54) is 22.6 Å². The van der Waals surface area contributed by atoms with Gasteiger partial charge in [-0.05, 0) is 61.0 Å². The molecule has 0 atom stereocenters. The third-order valence-corrected chi connectivity index (χ3v) is 7.00. The lowest BCUT2D eigenvalue weighted by molar-refractivity contribution is -0.136. The van der Waals surface area contributed by atoms with Crippen molar-refractivity contribution in [1.29, 1.82) is 0 Å². The summed E-state index contributed by atoms with van der Waals surface area (Å²) in [6.45, 7) is 3.41. The van der Waals surface area contributed by atoms with E-state index < -0.39 is 21.6 Å². The molecule has 2 aromatic carbocycles. The summed E-state index contributed by atoms with van der Waals surface area (Å²) in [4.78, 5) is 4.44. The van der Waals surface area contributed by atoms with Crippen LogP contribution >= 0.6 is 0 Å². The molecule has 0 spiro atoms. The van der Waals surface area contributed by atoms with Crippen molar-refractivity contribution in [1.82, 2.24) is 9.38 Å². The second-order valence-corrected chi connectivity index (χ2v) is 9.66. The fourth-order valence-electron chi connectivity index (χ4n) is 3.60. The molecule has 0 unspecified atom stereocenters. The molecule has 33 heavy (non-hydrogen) atoms. The van der Waals surface area contributed by atoms with Crippen molar-refractivity contribution < 1.29 is 26.3 Å². The Morgan fingerprint density at radius 3 is 2.33 bits per heavy atom. The van der Waals surface area contributed by atoms with Crippen LogP contribution in [0.2, 0.25) is 0 Å². The maximum absolute atomic E-state index is 13.4. The predicted octanol–water partition coefficient (Wildman–Crippen LogP) is 6.17.